The van der Waals surface area contributed by atoms with Gasteiger partial charge < -0.3 is 10.1 Å². The molecule has 0 saturated heterocycles. The van der Waals surface area contributed by atoms with E-state index in [9.17, 15) is 8.78 Å². The van der Waals surface area contributed by atoms with Crippen molar-refractivity contribution < 1.29 is 13.5 Å². The van der Waals surface area contributed by atoms with Gasteiger partial charge in [-0.1, -0.05) is 34.1 Å². The summed E-state index contributed by atoms with van der Waals surface area (Å²) >= 11 is 3.39. The third-order valence-electron chi connectivity index (χ3n) is 2.81. The highest BCUT2D eigenvalue weighted by atomic mass is 79.9. The van der Waals surface area contributed by atoms with Gasteiger partial charge in [0.1, 0.15) is 5.75 Å². The molecule has 20 heavy (non-hydrogen) atoms. The molecule has 0 radical (unpaired) electrons. The van der Waals surface area contributed by atoms with E-state index in [0.29, 0.717) is 6.54 Å². The fraction of sp³-hybridized carbons (Fsp3) is 0.200. The highest BCUT2D eigenvalue weighted by molar-refractivity contribution is 9.10. The average molecular weight is 342 g/mol. The van der Waals surface area contributed by atoms with Crippen LogP contribution >= 0.6 is 15.9 Å². The van der Waals surface area contributed by atoms with Crippen molar-refractivity contribution >= 4 is 21.6 Å². The van der Waals surface area contributed by atoms with Crippen LogP contribution in [-0.2, 0) is 6.54 Å². The summed E-state index contributed by atoms with van der Waals surface area (Å²) in [7, 11) is 1.59. The summed E-state index contributed by atoms with van der Waals surface area (Å²) in [6.45, 7) is 0.472. The van der Waals surface area contributed by atoms with Crippen molar-refractivity contribution in [2.45, 2.75) is 13.0 Å². The molecule has 0 unspecified atom stereocenters. The lowest BCUT2D eigenvalue weighted by atomic mass is 10.1. The Bertz CT molecular complexity index is 590. The molecule has 0 aliphatic carbocycles. The van der Waals surface area contributed by atoms with Gasteiger partial charge in [0.2, 0.25) is 0 Å². The predicted molar refractivity (Wildman–Crippen MR) is 79.4 cm³/mol. The Morgan fingerprint density at radius 1 is 1.20 bits per heavy atom. The lowest BCUT2D eigenvalue weighted by Gasteiger charge is -2.10. The van der Waals surface area contributed by atoms with Crippen LogP contribution < -0.4 is 10.1 Å². The van der Waals surface area contributed by atoms with Crippen LogP contribution in [0.3, 0.4) is 0 Å². The molecule has 0 aromatic heterocycles. The van der Waals surface area contributed by atoms with Crippen LogP contribution in [0.5, 0.6) is 5.75 Å². The number of halogens is 3. The topological polar surface area (TPSA) is 21.3 Å². The van der Waals surface area contributed by atoms with E-state index in [1.807, 2.05) is 24.3 Å². The maximum Gasteiger partial charge on any atom is 0.263 e. The van der Waals surface area contributed by atoms with Crippen LogP contribution in [0, 0.1) is 0 Å². The third-order valence-corrected chi connectivity index (χ3v) is 3.26. The molecule has 0 aliphatic heterocycles. The van der Waals surface area contributed by atoms with Gasteiger partial charge in [-0.2, -0.15) is 0 Å². The van der Waals surface area contributed by atoms with E-state index in [1.54, 1.807) is 13.2 Å². The standard InChI is InChI=1S/C15H14BrF2NO/c1-20-14-7-12(16)6-13(8-14)19-9-10-3-2-4-11(5-10)15(17)18/h2-8,15,19H,9H2,1H3. The monoisotopic (exact) mass is 341 g/mol. The largest absolute Gasteiger partial charge is 0.497 e. The molecule has 0 bridgehead atoms. The Balaban J connectivity index is 2.08. The van der Waals surface area contributed by atoms with Crippen LogP contribution in [0.4, 0.5) is 14.5 Å². The van der Waals surface area contributed by atoms with Crippen LogP contribution in [0.2, 0.25) is 0 Å². The minimum absolute atomic E-state index is 0.0381. The van der Waals surface area contributed by atoms with Crippen LogP contribution in [0.1, 0.15) is 17.6 Å². The molecule has 1 N–H and O–H groups in total. The number of ether oxygens (including phenoxy) is 1. The number of alkyl halides is 2. The highest BCUT2D eigenvalue weighted by Crippen LogP contribution is 2.25. The zero-order valence-corrected chi connectivity index (χ0v) is 12.5. The fourth-order valence-electron chi connectivity index (χ4n) is 1.83. The Kier molecular flexibility index (Phi) is 4.95. The third kappa shape index (κ3) is 3.93. The van der Waals surface area contributed by atoms with Crippen molar-refractivity contribution in [2.75, 3.05) is 12.4 Å². The fourth-order valence-corrected chi connectivity index (χ4v) is 2.30. The first-order valence-corrected chi connectivity index (χ1v) is 6.83. The predicted octanol–water partition coefficient (Wildman–Crippen LogP) is 5.01. The first-order chi connectivity index (χ1) is 9.58. The second-order valence-electron chi connectivity index (χ2n) is 4.28. The Morgan fingerprint density at radius 2 is 2.00 bits per heavy atom. The molecule has 2 rings (SSSR count). The van der Waals surface area contributed by atoms with E-state index in [1.165, 1.54) is 12.1 Å². The van der Waals surface area contributed by atoms with Crippen molar-refractivity contribution in [3.05, 3.63) is 58.1 Å². The minimum atomic E-state index is -2.44. The summed E-state index contributed by atoms with van der Waals surface area (Å²) in [4.78, 5) is 0. The van der Waals surface area contributed by atoms with Crippen LogP contribution in [0.15, 0.2) is 46.9 Å². The van der Waals surface area contributed by atoms with E-state index in [2.05, 4.69) is 21.2 Å². The summed E-state index contributed by atoms with van der Waals surface area (Å²) in [6.07, 6.45) is -2.44. The van der Waals surface area contributed by atoms with Gasteiger partial charge in [-0.15, -0.1) is 0 Å². The van der Waals surface area contributed by atoms with E-state index in [0.717, 1.165) is 21.5 Å². The average Bonchev–Trinajstić information content (AvgIpc) is 2.44. The molecule has 0 aliphatic rings. The number of methoxy groups -OCH3 is 1. The summed E-state index contributed by atoms with van der Waals surface area (Å²) < 4.78 is 31.3. The molecule has 0 spiro atoms. The zero-order valence-electron chi connectivity index (χ0n) is 10.9. The Labute approximate surface area is 124 Å². The second-order valence-corrected chi connectivity index (χ2v) is 5.19. The Hall–Kier alpha value is -1.62. The van der Waals surface area contributed by atoms with Crippen molar-refractivity contribution in [3.8, 4) is 5.75 Å². The molecule has 0 atom stereocenters. The number of hydrogen-bond donors (Lipinski definition) is 1. The van der Waals surface area contributed by atoms with E-state index in [-0.39, 0.29) is 5.56 Å². The zero-order chi connectivity index (χ0) is 14.5. The van der Waals surface area contributed by atoms with Crippen molar-refractivity contribution in [2.24, 2.45) is 0 Å². The highest BCUT2D eigenvalue weighted by Gasteiger charge is 2.07. The molecule has 2 aromatic rings. The summed E-state index contributed by atoms with van der Waals surface area (Å²) in [5.74, 6) is 0.725. The molecule has 2 nitrogen and oxygen atoms in total. The van der Waals surface area contributed by atoms with Gasteiger partial charge in [0, 0.05) is 28.3 Å². The summed E-state index contributed by atoms with van der Waals surface area (Å²) in [5, 5.41) is 3.19. The number of hydrogen-bond acceptors (Lipinski definition) is 2. The maximum absolute atomic E-state index is 12.6. The van der Waals surface area contributed by atoms with Gasteiger partial charge in [0.15, 0.2) is 0 Å². The van der Waals surface area contributed by atoms with Gasteiger partial charge in [-0.05, 0) is 23.8 Å². The number of benzene rings is 2. The lowest BCUT2D eigenvalue weighted by molar-refractivity contribution is 0.151. The molecule has 5 heteroatoms. The number of anilines is 1. The quantitative estimate of drug-likeness (QED) is 0.825. The first kappa shape index (κ1) is 14.8. The van der Waals surface area contributed by atoms with Gasteiger partial charge in [0.25, 0.3) is 6.43 Å². The lowest BCUT2D eigenvalue weighted by Crippen LogP contribution is -2.00. The normalized spacial score (nSPS) is 10.7. The Morgan fingerprint density at radius 3 is 2.70 bits per heavy atom. The molecule has 0 fully saturated rings. The molecule has 0 amide bonds. The van der Waals surface area contributed by atoms with Crippen molar-refractivity contribution in [1.82, 2.24) is 0 Å². The summed E-state index contributed by atoms with van der Waals surface area (Å²) in [6, 6.07) is 12.0. The van der Waals surface area contributed by atoms with E-state index >= 15 is 0 Å². The SMILES string of the molecule is COc1cc(Br)cc(NCc2cccc(C(F)F)c2)c1. The maximum atomic E-state index is 12.6. The number of nitrogens with one attached hydrogen (secondary N) is 1. The van der Waals surface area contributed by atoms with Crippen LogP contribution in [0.25, 0.3) is 0 Å². The van der Waals surface area contributed by atoms with Crippen LogP contribution in [-0.4, -0.2) is 7.11 Å². The minimum Gasteiger partial charge on any atom is -0.497 e. The smallest absolute Gasteiger partial charge is 0.263 e. The second kappa shape index (κ2) is 6.70. The van der Waals surface area contributed by atoms with E-state index < -0.39 is 6.43 Å². The summed E-state index contributed by atoms with van der Waals surface area (Å²) in [5.41, 5.74) is 1.71. The number of rotatable bonds is 5. The molecular weight excluding hydrogens is 328 g/mol. The van der Waals surface area contributed by atoms with Crippen molar-refractivity contribution in [3.63, 3.8) is 0 Å². The molecule has 2 aromatic carbocycles. The van der Waals surface area contributed by atoms with Crippen molar-refractivity contribution in [1.29, 1.82) is 0 Å². The molecule has 0 saturated carbocycles. The first-order valence-electron chi connectivity index (χ1n) is 6.04. The van der Waals surface area contributed by atoms with E-state index in [4.69, 9.17) is 4.74 Å². The molecule has 0 heterocycles. The van der Waals surface area contributed by atoms with Gasteiger partial charge in [-0.3, -0.25) is 0 Å². The van der Waals surface area contributed by atoms with Gasteiger partial charge >= 0.3 is 0 Å². The van der Waals surface area contributed by atoms with Gasteiger partial charge in [0.05, 0.1) is 7.11 Å². The molecular formula is C15H14BrF2NO. The van der Waals surface area contributed by atoms with Gasteiger partial charge in [-0.25, -0.2) is 8.78 Å². The molecule has 106 valence electrons.